The molecule has 6 heteroatoms. The van der Waals surface area contributed by atoms with Crippen molar-refractivity contribution in [2.75, 3.05) is 20.2 Å². The van der Waals surface area contributed by atoms with Crippen molar-refractivity contribution in [1.29, 1.82) is 0 Å². The van der Waals surface area contributed by atoms with E-state index in [1.807, 2.05) is 41.2 Å². The number of amides is 2. The molecule has 0 unspecified atom stereocenters. The van der Waals surface area contributed by atoms with Crippen LogP contribution in [0.15, 0.2) is 73.1 Å². The lowest BCUT2D eigenvalue weighted by atomic mass is 10.2. The molecular formula is C21H21N3O3. The Balaban J connectivity index is 1.46. The molecule has 2 aromatic carbocycles. The van der Waals surface area contributed by atoms with Crippen LogP contribution >= 0.6 is 0 Å². The molecule has 0 radical (unpaired) electrons. The summed E-state index contributed by atoms with van der Waals surface area (Å²) < 4.78 is 7.07. The van der Waals surface area contributed by atoms with E-state index in [0.29, 0.717) is 30.0 Å². The average Bonchev–Trinajstić information content (AvgIpc) is 3.26. The van der Waals surface area contributed by atoms with Crippen molar-refractivity contribution in [2.24, 2.45) is 0 Å². The van der Waals surface area contributed by atoms with E-state index in [-0.39, 0.29) is 11.8 Å². The van der Waals surface area contributed by atoms with E-state index < -0.39 is 0 Å². The smallest absolute Gasteiger partial charge is 0.251 e. The molecule has 0 aliphatic heterocycles. The fourth-order valence-corrected chi connectivity index (χ4v) is 2.61. The van der Waals surface area contributed by atoms with Gasteiger partial charge in [0, 0.05) is 42.3 Å². The number of carbonyl (C=O) groups is 2. The van der Waals surface area contributed by atoms with Crippen LogP contribution in [0.3, 0.4) is 0 Å². The van der Waals surface area contributed by atoms with Gasteiger partial charge in [-0.25, -0.2) is 0 Å². The second kappa shape index (κ2) is 8.71. The number of benzene rings is 2. The van der Waals surface area contributed by atoms with Crippen molar-refractivity contribution in [3.05, 3.63) is 84.2 Å². The number of aromatic nitrogens is 1. The first kappa shape index (κ1) is 18.3. The van der Waals surface area contributed by atoms with Crippen LogP contribution in [0.2, 0.25) is 0 Å². The minimum absolute atomic E-state index is 0.176. The van der Waals surface area contributed by atoms with Crippen molar-refractivity contribution < 1.29 is 14.3 Å². The van der Waals surface area contributed by atoms with Crippen LogP contribution in [0.5, 0.6) is 5.75 Å². The van der Waals surface area contributed by atoms with Crippen molar-refractivity contribution in [2.45, 2.75) is 0 Å². The van der Waals surface area contributed by atoms with E-state index in [0.717, 1.165) is 5.69 Å². The first-order chi connectivity index (χ1) is 13.2. The van der Waals surface area contributed by atoms with E-state index in [2.05, 4.69) is 10.6 Å². The minimum Gasteiger partial charge on any atom is -0.497 e. The maximum absolute atomic E-state index is 12.2. The average molecular weight is 363 g/mol. The summed E-state index contributed by atoms with van der Waals surface area (Å²) in [5, 5.41) is 5.57. The summed E-state index contributed by atoms with van der Waals surface area (Å²) in [6.45, 7) is 0.678. The van der Waals surface area contributed by atoms with Gasteiger partial charge in [-0.3, -0.25) is 9.59 Å². The van der Waals surface area contributed by atoms with E-state index in [4.69, 9.17) is 4.74 Å². The van der Waals surface area contributed by atoms with Gasteiger partial charge < -0.3 is 19.9 Å². The van der Waals surface area contributed by atoms with Crippen LogP contribution < -0.4 is 15.4 Å². The standard InChI is InChI=1S/C21H21N3O3/c1-27-19-6-4-5-17(15-19)21(26)23-12-11-22-20(25)16-7-9-18(10-8-16)24-13-2-3-14-24/h2-10,13-15H,11-12H2,1H3,(H,22,25)(H,23,26). The molecule has 0 fully saturated rings. The molecule has 0 saturated carbocycles. The lowest BCUT2D eigenvalue weighted by Crippen LogP contribution is -2.34. The number of ether oxygens (including phenoxy) is 1. The highest BCUT2D eigenvalue weighted by molar-refractivity contribution is 5.95. The Hall–Kier alpha value is -3.54. The van der Waals surface area contributed by atoms with Gasteiger partial charge in [-0.2, -0.15) is 0 Å². The molecule has 27 heavy (non-hydrogen) atoms. The molecule has 1 aromatic heterocycles. The Kier molecular flexibility index (Phi) is 5.89. The van der Waals surface area contributed by atoms with Gasteiger partial charge in [0.15, 0.2) is 0 Å². The van der Waals surface area contributed by atoms with Crippen LogP contribution in [0.4, 0.5) is 0 Å². The number of nitrogens with zero attached hydrogens (tertiary/aromatic N) is 1. The first-order valence-electron chi connectivity index (χ1n) is 8.61. The highest BCUT2D eigenvalue weighted by Gasteiger charge is 2.08. The molecule has 0 aliphatic rings. The Labute approximate surface area is 157 Å². The van der Waals surface area contributed by atoms with E-state index >= 15 is 0 Å². The number of carbonyl (C=O) groups excluding carboxylic acids is 2. The molecular weight excluding hydrogens is 342 g/mol. The van der Waals surface area contributed by atoms with Gasteiger partial charge in [0.2, 0.25) is 0 Å². The third kappa shape index (κ3) is 4.76. The predicted molar refractivity (Wildman–Crippen MR) is 103 cm³/mol. The molecule has 1 heterocycles. The molecule has 0 bridgehead atoms. The molecule has 3 aromatic rings. The Morgan fingerprint density at radius 3 is 2.11 bits per heavy atom. The zero-order valence-electron chi connectivity index (χ0n) is 15.0. The Bertz CT molecular complexity index is 903. The van der Waals surface area contributed by atoms with Crippen LogP contribution in [-0.4, -0.2) is 36.6 Å². The molecule has 6 nitrogen and oxygen atoms in total. The van der Waals surface area contributed by atoms with Crippen molar-refractivity contribution in [3.8, 4) is 11.4 Å². The molecule has 2 amide bonds. The predicted octanol–water partition coefficient (Wildman–Crippen LogP) is 2.65. The second-order valence-corrected chi connectivity index (χ2v) is 5.88. The van der Waals surface area contributed by atoms with Gasteiger partial charge in [-0.1, -0.05) is 6.07 Å². The molecule has 138 valence electrons. The molecule has 2 N–H and O–H groups in total. The SMILES string of the molecule is COc1cccc(C(=O)NCCNC(=O)c2ccc(-n3cccc3)cc2)c1. The topological polar surface area (TPSA) is 72.4 Å². The van der Waals surface area contributed by atoms with Crippen molar-refractivity contribution in [1.82, 2.24) is 15.2 Å². The zero-order valence-corrected chi connectivity index (χ0v) is 15.0. The van der Waals surface area contributed by atoms with E-state index in [1.165, 1.54) is 0 Å². The molecule has 0 saturated heterocycles. The van der Waals surface area contributed by atoms with Crippen LogP contribution in [0.25, 0.3) is 5.69 Å². The summed E-state index contributed by atoms with van der Waals surface area (Å²) >= 11 is 0. The Morgan fingerprint density at radius 2 is 1.48 bits per heavy atom. The Morgan fingerprint density at radius 1 is 0.852 bits per heavy atom. The largest absolute Gasteiger partial charge is 0.497 e. The highest BCUT2D eigenvalue weighted by atomic mass is 16.5. The minimum atomic E-state index is -0.209. The summed E-state index contributed by atoms with van der Waals surface area (Å²) in [4.78, 5) is 24.3. The number of methoxy groups -OCH3 is 1. The van der Waals surface area contributed by atoms with Gasteiger partial charge in [0.1, 0.15) is 5.75 Å². The monoisotopic (exact) mass is 363 g/mol. The number of hydrogen-bond donors (Lipinski definition) is 2. The van der Waals surface area contributed by atoms with Crippen molar-refractivity contribution in [3.63, 3.8) is 0 Å². The van der Waals surface area contributed by atoms with Gasteiger partial charge in [-0.15, -0.1) is 0 Å². The zero-order chi connectivity index (χ0) is 19.1. The maximum atomic E-state index is 12.2. The molecule has 3 rings (SSSR count). The fraction of sp³-hybridized carbons (Fsp3) is 0.143. The molecule has 0 spiro atoms. The number of hydrogen-bond acceptors (Lipinski definition) is 3. The van der Waals surface area contributed by atoms with Gasteiger partial charge in [0.25, 0.3) is 11.8 Å². The summed E-state index contributed by atoms with van der Waals surface area (Å²) in [6.07, 6.45) is 3.89. The normalized spacial score (nSPS) is 10.3. The third-order valence-electron chi connectivity index (χ3n) is 4.06. The van der Waals surface area contributed by atoms with E-state index in [1.54, 1.807) is 43.5 Å². The van der Waals surface area contributed by atoms with Crippen molar-refractivity contribution >= 4 is 11.8 Å². The van der Waals surface area contributed by atoms with Crippen LogP contribution in [0, 0.1) is 0 Å². The van der Waals surface area contributed by atoms with E-state index in [9.17, 15) is 9.59 Å². The second-order valence-electron chi connectivity index (χ2n) is 5.88. The van der Waals surface area contributed by atoms with Gasteiger partial charge in [0.05, 0.1) is 7.11 Å². The van der Waals surface area contributed by atoms with Crippen LogP contribution in [-0.2, 0) is 0 Å². The summed E-state index contributed by atoms with van der Waals surface area (Å²) in [5.41, 5.74) is 2.08. The quantitative estimate of drug-likeness (QED) is 0.634. The lowest BCUT2D eigenvalue weighted by Gasteiger charge is -2.09. The molecule has 0 aliphatic carbocycles. The maximum Gasteiger partial charge on any atom is 0.251 e. The number of nitrogens with one attached hydrogen (secondary N) is 2. The third-order valence-corrected chi connectivity index (χ3v) is 4.06. The van der Waals surface area contributed by atoms with Gasteiger partial charge in [-0.05, 0) is 54.6 Å². The van der Waals surface area contributed by atoms with Crippen LogP contribution in [0.1, 0.15) is 20.7 Å². The first-order valence-corrected chi connectivity index (χ1v) is 8.61. The lowest BCUT2D eigenvalue weighted by molar-refractivity contribution is 0.0927. The fourth-order valence-electron chi connectivity index (χ4n) is 2.61. The summed E-state index contributed by atoms with van der Waals surface area (Å²) in [7, 11) is 1.55. The van der Waals surface area contributed by atoms with Gasteiger partial charge >= 0.3 is 0 Å². The molecule has 0 atom stereocenters. The highest BCUT2D eigenvalue weighted by Crippen LogP contribution is 2.12. The summed E-state index contributed by atoms with van der Waals surface area (Å²) in [5.74, 6) is 0.239. The summed E-state index contributed by atoms with van der Waals surface area (Å²) in [6, 6.07) is 18.1. The number of rotatable bonds is 7.